The monoisotopic (exact) mass is 277 g/mol. The van der Waals surface area contributed by atoms with Gasteiger partial charge in [0, 0.05) is 22.5 Å². The summed E-state index contributed by atoms with van der Waals surface area (Å²) in [5, 5.41) is 2.39. The van der Waals surface area contributed by atoms with Crippen molar-refractivity contribution in [1.82, 2.24) is 0 Å². The van der Waals surface area contributed by atoms with Gasteiger partial charge in [0.1, 0.15) is 5.75 Å². The molecule has 3 heteroatoms. The Morgan fingerprint density at radius 3 is 2.94 bits per heavy atom. The van der Waals surface area contributed by atoms with E-state index in [0.29, 0.717) is 0 Å². The molecule has 0 spiro atoms. The number of fused-ring (bicyclic) bond motifs is 2. The molecule has 0 amide bonds. The Morgan fingerprint density at radius 2 is 2.06 bits per heavy atom. The molecular weight excluding hydrogens is 266 g/mol. The second-order valence-electron chi connectivity index (χ2n) is 4.13. The van der Waals surface area contributed by atoms with Gasteiger partial charge in [-0.05, 0) is 35.0 Å². The number of rotatable bonds is 0. The van der Waals surface area contributed by atoms with Crippen molar-refractivity contribution in [3.8, 4) is 5.75 Å². The van der Waals surface area contributed by atoms with Crippen LogP contribution in [0.5, 0.6) is 5.75 Å². The van der Waals surface area contributed by atoms with Crippen molar-refractivity contribution in [2.24, 2.45) is 5.73 Å². The van der Waals surface area contributed by atoms with E-state index in [0.717, 1.165) is 28.8 Å². The number of nitrogens with two attached hydrogens (primary N) is 1. The normalized spacial score (nSPS) is 19.2. The van der Waals surface area contributed by atoms with E-state index in [2.05, 4.69) is 40.2 Å². The molecule has 0 aliphatic carbocycles. The zero-order valence-electron chi connectivity index (χ0n) is 8.74. The maximum absolute atomic E-state index is 6.08. The van der Waals surface area contributed by atoms with Crippen molar-refractivity contribution < 1.29 is 4.74 Å². The summed E-state index contributed by atoms with van der Waals surface area (Å²) in [6, 6.07) is 10.6. The SMILES string of the molecule is N[C@H]1CCOc2cc3ccc(Br)cc3cc21. The van der Waals surface area contributed by atoms with Crippen molar-refractivity contribution >= 4 is 26.7 Å². The lowest BCUT2D eigenvalue weighted by atomic mass is 9.97. The van der Waals surface area contributed by atoms with Gasteiger partial charge in [0.25, 0.3) is 0 Å². The molecule has 2 nitrogen and oxygen atoms in total. The maximum Gasteiger partial charge on any atom is 0.124 e. The summed E-state index contributed by atoms with van der Waals surface area (Å²) in [6.07, 6.45) is 0.895. The van der Waals surface area contributed by atoms with Gasteiger partial charge in [-0.1, -0.05) is 22.0 Å². The van der Waals surface area contributed by atoms with Gasteiger partial charge in [0.2, 0.25) is 0 Å². The fourth-order valence-corrected chi connectivity index (χ4v) is 2.51. The lowest BCUT2D eigenvalue weighted by molar-refractivity contribution is 0.269. The number of hydrogen-bond acceptors (Lipinski definition) is 2. The minimum atomic E-state index is 0.104. The molecule has 1 aliphatic rings. The van der Waals surface area contributed by atoms with E-state index in [1.165, 1.54) is 10.8 Å². The predicted octanol–water partition coefficient (Wildman–Crippen LogP) is 3.38. The lowest BCUT2D eigenvalue weighted by Crippen LogP contribution is -2.20. The molecular formula is C13H12BrNO. The first-order valence-corrected chi connectivity index (χ1v) is 6.15. The Morgan fingerprint density at radius 1 is 1.19 bits per heavy atom. The molecule has 1 heterocycles. The van der Waals surface area contributed by atoms with E-state index in [4.69, 9.17) is 10.5 Å². The second kappa shape index (κ2) is 3.75. The third-order valence-electron chi connectivity index (χ3n) is 3.02. The fourth-order valence-electron chi connectivity index (χ4n) is 2.13. The maximum atomic E-state index is 6.08. The highest BCUT2D eigenvalue weighted by molar-refractivity contribution is 9.10. The average Bonchev–Trinajstić information content (AvgIpc) is 2.28. The van der Waals surface area contributed by atoms with Gasteiger partial charge in [-0.25, -0.2) is 0 Å². The van der Waals surface area contributed by atoms with E-state index in [-0.39, 0.29) is 6.04 Å². The van der Waals surface area contributed by atoms with Gasteiger partial charge < -0.3 is 10.5 Å². The van der Waals surface area contributed by atoms with Crippen LogP contribution in [-0.2, 0) is 0 Å². The van der Waals surface area contributed by atoms with Gasteiger partial charge in [0.15, 0.2) is 0 Å². The van der Waals surface area contributed by atoms with Crippen LogP contribution in [0.15, 0.2) is 34.8 Å². The fraction of sp³-hybridized carbons (Fsp3) is 0.231. The lowest BCUT2D eigenvalue weighted by Gasteiger charge is -2.23. The van der Waals surface area contributed by atoms with Gasteiger partial charge in [-0.15, -0.1) is 0 Å². The molecule has 0 unspecified atom stereocenters. The Balaban J connectivity index is 2.26. The van der Waals surface area contributed by atoms with Crippen molar-refractivity contribution in [1.29, 1.82) is 0 Å². The summed E-state index contributed by atoms with van der Waals surface area (Å²) in [5.41, 5.74) is 7.21. The van der Waals surface area contributed by atoms with Gasteiger partial charge in [-0.2, -0.15) is 0 Å². The topological polar surface area (TPSA) is 35.2 Å². The first-order chi connectivity index (χ1) is 7.74. The smallest absolute Gasteiger partial charge is 0.124 e. The predicted molar refractivity (Wildman–Crippen MR) is 68.7 cm³/mol. The van der Waals surface area contributed by atoms with Crippen molar-refractivity contribution in [2.45, 2.75) is 12.5 Å². The van der Waals surface area contributed by atoms with E-state index < -0.39 is 0 Å². The van der Waals surface area contributed by atoms with Gasteiger partial charge >= 0.3 is 0 Å². The summed E-state index contributed by atoms with van der Waals surface area (Å²) >= 11 is 3.48. The molecule has 2 aromatic carbocycles. The van der Waals surface area contributed by atoms with Gasteiger partial charge in [-0.3, -0.25) is 0 Å². The molecule has 3 rings (SSSR count). The van der Waals surface area contributed by atoms with Crippen molar-refractivity contribution in [3.05, 3.63) is 40.4 Å². The molecule has 2 aromatic rings. The molecule has 16 heavy (non-hydrogen) atoms. The third-order valence-corrected chi connectivity index (χ3v) is 3.51. The van der Waals surface area contributed by atoms with Crippen LogP contribution in [0.2, 0.25) is 0 Å². The molecule has 0 aromatic heterocycles. The molecule has 0 bridgehead atoms. The molecule has 0 fully saturated rings. The molecule has 82 valence electrons. The number of benzene rings is 2. The van der Waals surface area contributed by atoms with Crippen LogP contribution in [-0.4, -0.2) is 6.61 Å². The molecule has 1 aliphatic heterocycles. The van der Waals surface area contributed by atoms with E-state index in [1.807, 2.05) is 6.07 Å². The summed E-state index contributed by atoms with van der Waals surface area (Å²) in [7, 11) is 0. The molecule has 2 N–H and O–H groups in total. The minimum Gasteiger partial charge on any atom is -0.493 e. The highest BCUT2D eigenvalue weighted by Gasteiger charge is 2.18. The van der Waals surface area contributed by atoms with Crippen LogP contribution >= 0.6 is 15.9 Å². The Bertz CT molecular complexity index is 553. The Hall–Kier alpha value is -1.06. The third kappa shape index (κ3) is 1.60. The summed E-state index contributed by atoms with van der Waals surface area (Å²) in [4.78, 5) is 0. The van der Waals surface area contributed by atoms with Crippen LogP contribution in [0.4, 0.5) is 0 Å². The van der Waals surface area contributed by atoms with Crippen LogP contribution in [0.25, 0.3) is 10.8 Å². The second-order valence-corrected chi connectivity index (χ2v) is 5.04. The highest BCUT2D eigenvalue weighted by atomic mass is 79.9. The number of hydrogen-bond donors (Lipinski definition) is 1. The van der Waals surface area contributed by atoms with Crippen LogP contribution in [0, 0.1) is 0 Å². The summed E-state index contributed by atoms with van der Waals surface area (Å²) < 4.78 is 6.73. The number of ether oxygens (including phenoxy) is 1. The first kappa shape index (κ1) is 10.1. The average molecular weight is 278 g/mol. The largest absolute Gasteiger partial charge is 0.493 e. The van der Waals surface area contributed by atoms with Gasteiger partial charge in [0.05, 0.1) is 6.61 Å². The quantitative estimate of drug-likeness (QED) is 0.801. The molecule has 1 atom stereocenters. The Labute approximate surface area is 103 Å². The van der Waals surface area contributed by atoms with E-state index >= 15 is 0 Å². The molecule has 0 radical (unpaired) electrons. The van der Waals surface area contributed by atoms with Crippen LogP contribution in [0.3, 0.4) is 0 Å². The minimum absolute atomic E-state index is 0.104. The number of halogens is 1. The van der Waals surface area contributed by atoms with Crippen LogP contribution in [0.1, 0.15) is 18.0 Å². The Kier molecular flexibility index (Phi) is 2.37. The summed E-state index contributed by atoms with van der Waals surface area (Å²) in [5.74, 6) is 0.938. The van der Waals surface area contributed by atoms with E-state index in [9.17, 15) is 0 Å². The molecule has 0 saturated heterocycles. The van der Waals surface area contributed by atoms with Crippen molar-refractivity contribution in [2.75, 3.05) is 6.61 Å². The molecule has 0 saturated carbocycles. The highest BCUT2D eigenvalue weighted by Crippen LogP contribution is 2.34. The van der Waals surface area contributed by atoms with Crippen molar-refractivity contribution in [3.63, 3.8) is 0 Å². The standard InChI is InChI=1S/C13H12BrNO/c14-10-2-1-8-7-13-11(6-9(8)5-10)12(15)3-4-16-13/h1-2,5-7,12H,3-4,15H2/t12-/m0/s1. The zero-order valence-corrected chi connectivity index (χ0v) is 10.3. The van der Waals surface area contributed by atoms with E-state index in [1.54, 1.807) is 0 Å². The zero-order chi connectivity index (χ0) is 11.1. The van der Waals surface area contributed by atoms with Crippen LogP contribution < -0.4 is 10.5 Å². The summed E-state index contributed by atoms with van der Waals surface area (Å²) in [6.45, 7) is 0.718. The first-order valence-electron chi connectivity index (χ1n) is 5.35.